The van der Waals surface area contributed by atoms with E-state index in [-0.39, 0.29) is 6.04 Å². The largest absolute Gasteiger partial charge is 0.235 e. The number of hydrogen-bond acceptors (Lipinski definition) is 2. The van der Waals surface area contributed by atoms with Crippen LogP contribution in [0.3, 0.4) is 0 Å². The number of carbonyl (C=O) groups excluding carboxylic acids is 1. The summed E-state index contributed by atoms with van der Waals surface area (Å²) in [6.45, 7) is 3.83. The van der Waals surface area contributed by atoms with Crippen molar-refractivity contribution < 1.29 is 4.79 Å². The standard InChI is InChI=1S/C12H13NO/c1-10(11(2)13-9-14)8-12-6-4-3-5-7-12/h3-8,11H,1-2H3/b10-8+. The van der Waals surface area contributed by atoms with E-state index >= 15 is 0 Å². The van der Waals surface area contributed by atoms with E-state index in [0.29, 0.717) is 0 Å². The van der Waals surface area contributed by atoms with Crippen LogP contribution in [0, 0.1) is 0 Å². The summed E-state index contributed by atoms with van der Waals surface area (Å²) in [5.74, 6) is 0. The van der Waals surface area contributed by atoms with Gasteiger partial charge in [-0.05, 0) is 25.0 Å². The molecule has 0 bridgehead atoms. The summed E-state index contributed by atoms with van der Waals surface area (Å²) < 4.78 is 0. The van der Waals surface area contributed by atoms with Crippen LogP contribution in [0.15, 0.2) is 40.9 Å². The van der Waals surface area contributed by atoms with Gasteiger partial charge in [0.05, 0.1) is 6.04 Å². The van der Waals surface area contributed by atoms with Crippen molar-refractivity contribution in [2.24, 2.45) is 4.99 Å². The van der Waals surface area contributed by atoms with E-state index in [1.54, 1.807) is 6.08 Å². The average Bonchev–Trinajstić information content (AvgIpc) is 2.19. The molecule has 72 valence electrons. The van der Waals surface area contributed by atoms with Crippen molar-refractivity contribution in [3.63, 3.8) is 0 Å². The molecule has 0 radical (unpaired) electrons. The van der Waals surface area contributed by atoms with Crippen LogP contribution in [0.1, 0.15) is 19.4 Å². The van der Waals surface area contributed by atoms with E-state index < -0.39 is 0 Å². The molecule has 0 spiro atoms. The fourth-order valence-corrected chi connectivity index (χ4v) is 1.11. The molecule has 0 aliphatic rings. The van der Waals surface area contributed by atoms with Crippen molar-refractivity contribution in [3.05, 3.63) is 41.5 Å². The lowest BCUT2D eigenvalue weighted by Gasteiger charge is -2.03. The van der Waals surface area contributed by atoms with Crippen LogP contribution >= 0.6 is 0 Å². The summed E-state index contributed by atoms with van der Waals surface area (Å²) in [5.41, 5.74) is 2.18. The molecule has 0 aliphatic heterocycles. The lowest BCUT2D eigenvalue weighted by Crippen LogP contribution is -1.98. The first-order valence-corrected chi connectivity index (χ1v) is 4.54. The molecule has 2 nitrogen and oxygen atoms in total. The van der Waals surface area contributed by atoms with Gasteiger partial charge >= 0.3 is 0 Å². The van der Waals surface area contributed by atoms with E-state index in [2.05, 4.69) is 4.99 Å². The molecular formula is C12H13NO. The molecule has 0 amide bonds. The highest BCUT2D eigenvalue weighted by atomic mass is 16.1. The summed E-state index contributed by atoms with van der Waals surface area (Å²) in [6, 6.07) is 9.87. The first kappa shape index (κ1) is 10.4. The SMILES string of the molecule is C/C(=C\c1ccccc1)C(C)N=C=O. The summed E-state index contributed by atoms with van der Waals surface area (Å²) in [5, 5.41) is 0. The van der Waals surface area contributed by atoms with Gasteiger partial charge in [-0.25, -0.2) is 4.79 Å². The second kappa shape index (κ2) is 5.15. The number of rotatable bonds is 3. The highest BCUT2D eigenvalue weighted by molar-refractivity contribution is 5.53. The van der Waals surface area contributed by atoms with Gasteiger partial charge in [0.1, 0.15) is 0 Å². The second-order valence-corrected chi connectivity index (χ2v) is 3.20. The van der Waals surface area contributed by atoms with Gasteiger partial charge in [0.15, 0.2) is 0 Å². The van der Waals surface area contributed by atoms with Crippen LogP contribution in [0.5, 0.6) is 0 Å². The molecule has 2 heteroatoms. The van der Waals surface area contributed by atoms with E-state index in [0.717, 1.165) is 11.1 Å². The maximum Gasteiger partial charge on any atom is 0.235 e. The molecule has 1 atom stereocenters. The van der Waals surface area contributed by atoms with Crippen molar-refractivity contribution in [3.8, 4) is 0 Å². The minimum Gasteiger partial charge on any atom is -0.211 e. The Morgan fingerprint density at radius 2 is 2.07 bits per heavy atom. The number of aliphatic imine (C=N–C) groups is 1. The van der Waals surface area contributed by atoms with Crippen molar-refractivity contribution in [2.75, 3.05) is 0 Å². The molecule has 1 unspecified atom stereocenters. The zero-order chi connectivity index (χ0) is 10.4. The Labute approximate surface area is 84.0 Å². The van der Waals surface area contributed by atoms with E-state index in [9.17, 15) is 4.79 Å². The molecule has 1 rings (SSSR count). The predicted octanol–water partition coefficient (Wildman–Crippen LogP) is 2.81. The Balaban J connectivity index is 2.83. The zero-order valence-electron chi connectivity index (χ0n) is 8.40. The van der Waals surface area contributed by atoms with E-state index in [4.69, 9.17) is 0 Å². The lowest BCUT2D eigenvalue weighted by molar-refractivity contribution is 0.561. The Hall–Kier alpha value is -1.66. The zero-order valence-corrected chi connectivity index (χ0v) is 8.40. The summed E-state index contributed by atoms with van der Waals surface area (Å²) in [6.07, 6.45) is 3.59. The van der Waals surface area contributed by atoms with Crippen molar-refractivity contribution in [1.29, 1.82) is 0 Å². The van der Waals surface area contributed by atoms with E-state index in [1.807, 2.05) is 50.3 Å². The van der Waals surface area contributed by atoms with Gasteiger partial charge in [0, 0.05) is 0 Å². The fraction of sp³-hybridized carbons (Fsp3) is 0.250. The van der Waals surface area contributed by atoms with Gasteiger partial charge in [-0.2, -0.15) is 4.99 Å². The first-order valence-electron chi connectivity index (χ1n) is 4.54. The fourth-order valence-electron chi connectivity index (χ4n) is 1.11. The van der Waals surface area contributed by atoms with Crippen molar-refractivity contribution in [1.82, 2.24) is 0 Å². The third kappa shape index (κ3) is 3.00. The Morgan fingerprint density at radius 3 is 2.64 bits per heavy atom. The van der Waals surface area contributed by atoms with Gasteiger partial charge in [0.2, 0.25) is 6.08 Å². The maximum atomic E-state index is 10.1. The van der Waals surface area contributed by atoms with E-state index in [1.165, 1.54) is 0 Å². The smallest absolute Gasteiger partial charge is 0.211 e. The topological polar surface area (TPSA) is 29.4 Å². The Kier molecular flexibility index (Phi) is 3.84. The molecule has 0 saturated heterocycles. The van der Waals surface area contributed by atoms with Crippen molar-refractivity contribution in [2.45, 2.75) is 19.9 Å². The van der Waals surface area contributed by atoms with Gasteiger partial charge in [0.25, 0.3) is 0 Å². The van der Waals surface area contributed by atoms with Crippen LogP contribution in [0.2, 0.25) is 0 Å². The second-order valence-electron chi connectivity index (χ2n) is 3.20. The highest BCUT2D eigenvalue weighted by Crippen LogP contribution is 2.10. The van der Waals surface area contributed by atoms with Crippen molar-refractivity contribution >= 4 is 12.2 Å². The minimum absolute atomic E-state index is 0.0901. The van der Waals surface area contributed by atoms with Gasteiger partial charge < -0.3 is 0 Å². The van der Waals surface area contributed by atoms with Crippen LogP contribution in [0.4, 0.5) is 0 Å². The molecular weight excluding hydrogens is 174 g/mol. The van der Waals surface area contributed by atoms with Crippen LogP contribution in [-0.2, 0) is 4.79 Å². The van der Waals surface area contributed by atoms with Crippen LogP contribution in [-0.4, -0.2) is 12.1 Å². The predicted molar refractivity (Wildman–Crippen MR) is 57.7 cm³/mol. The summed E-state index contributed by atoms with van der Waals surface area (Å²) in [4.78, 5) is 13.7. The summed E-state index contributed by atoms with van der Waals surface area (Å²) in [7, 11) is 0. The number of nitrogens with zero attached hydrogens (tertiary/aromatic N) is 1. The quantitative estimate of drug-likeness (QED) is 0.528. The molecule has 14 heavy (non-hydrogen) atoms. The molecule has 0 aliphatic carbocycles. The molecule has 1 aromatic carbocycles. The Morgan fingerprint density at radius 1 is 1.43 bits per heavy atom. The van der Waals surface area contributed by atoms with Gasteiger partial charge in [-0.3, -0.25) is 0 Å². The molecule has 0 aromatic heterocycles. The third-order valence-corrected chi connectivity index (χ3v) is 2.10. The molecule has 0 fully saturated rings. The van der Waals surface area contributed by atoms with Crippen LogP contribution < -0.4 is 0 Å². The Bertz CT molecular complexity index is 361. The molecule has 0 saturated carbocycles. The third-order valence-electron chi connectivity index (χ3n) is 2.10. The minimum atomic E-state index is -0.0901. The highest BCUT2D eigenvalue weighted by Gasteiger charge is 2.00. The molecule has 0 heterocycles. The lowest BCUT2D eigenvalue weighted by atomic mass is 10.1. The number of isocyanates is 1. The normalized spacial score (nSPS) is 13.1. The molecule has 0 N–H and O–H groups in total. The maximum absolute atomic E-state index is 10.1. The van der Waals surface area contributed by atoms with Gasteiger partial charge in [-0.15, -0.1) is 0 Å². The number of hydrogen-bond donors (Lipinski definition) is 0. The average molecular weight is 187 g/mol. The van der Waals surface area contributed by atoms with Gasteiger partial charge in [-0.1, -0.05) is 36.4 Å². The molecule has 1 aromatic rings. The monoisotopic (exact) mass is 187 g/mol. The number of benzene rings is 1. The van der Waals surface area contributed by atoms with Crippen LogP contribution in [0.25, 0.3) is 6.08 Å². The first-order chi connectivity index (χ1) is 6.74. The summed E-state index contributed by atoms with van der Waals surface area (Å²) >= 11 is 0.